The molecule has 0 aliphatic carbocycles. The van der Waals surface area contributed by atoms with Crippen molar-refractivity contribution in [3.8, 4) is 17.2 Å². The Morgan fingerprint density at radius 3 is 2.37 bits per heavy atom. The number of guanidine groups is 1. The van der Waals surface area contributed by atoms with Crippen molar-refractivity contribution in [2.24, 2.45) is 10.9 Å². The van der Waals surface area contributed by atoms with Crippen molar-refractivity contribution in [2.75, 3.05) is 60.8 Å². The van der Waals surface area contributed by atoms with Crippen molar-refractivity contribution in [3.63, 3.8) is 0 Å². The molecule has 1 fully saturated rings. The molecule has 8 nitrogen and oxygen atoms in total. The van der Waals surface area contributed by atoms with Gasteiger partial charge < -0.3 is 34.3 Å². The van der Waals surface area contributed by atoms with Crippen LogP contribution >= 0.6 is 0 Å². The van der Waals surface area contributed by atoms with Crippen LogP contribution in [0, 0.1) is 5.92 Å². The van der Waals surface area contributed by atoms with Crippen molar-refractivity contribution in [2.45, 2.75) is 32.7 Å². The van der Waals surface area contributed by atoms with Crippen LogP contribution in [0.25, 0.3) is 0 Å². The maximum absolute atomic E-state index is 5.82. The van der Waals surface area contributed by atoms with Gasteiger partial charge in [-0.3, -0.25) is 0 Å². The van der Waals surface area contributed by atoms with Gasteiger partial charge in [0.1, 0.15) is 0 Å². The zero-order valence-corrected chi connectivity index (χ0v) is 18.8. The fourth-order valence-corrected chi connectivity index (χ4v) is 3.28. The monoisotopic (exact) mass is 423 g/mol. The maximum atomic E-state index is 5.82. The molecule has 1 saturated heterocycles. The van der Waals surface area contributed by atoms with Crippen LogP contribution in [0.4, 0.5) is 0 Å². The molecule has 1 aromatic carbocycles. The molecule has 8 heteroatoms. The van der Waals surface area contributed by atoms with Crippen LogP contribution in [0.15, 0.2) is 17.1 Å². The number of methoxy groups -OCH3 is 3. The third kappa shape index (κ3) is 7.91. The Balaban J connectivity index is 1.80. The van der Waals surface area contributed by atoms with Crippen molar-refractivity contribution in [1.82, 2.24) is 10.6 Å². The van der Waals surface area contributed by atoms with Crippen molar-refractivity contribution >= 4 is 5.96 Å². The minimum Gasteiger partial charge on any atom is -0.493 e. The second-order valence-electron chi connectivity index (χ2n) is 7.14. The predicted molar refractivity (Wildman–Crippen MR) is 118 cm³/mol. The number of hydrogen-bond donors (Lipinski definition) is 2. The Morgan fingerprint density at radius 2 is 1.77 bits per heavy atom. The molecule has 1 aromatic rings. The number of nitrogens with one attached hydrogen (secondary N) is 2. The van der Waals surface area contributed by atoms with E-state index in [9.17, 15) is 0 Å². The van der Waals surface area contributed by atoms with Crippen LogP contribution in [0.2, 0.25) is 0 Å². The summed E-state index contributed by atoms with van der Waals surface area (Å²) in [4.78, 5) is 4.67. The van der Waals surface area contributed by atoms with Crippen LogP contribution in [0.3, 0.4) is 0 Å². The van der Waals surface area contributed by atoms with E-state index in [1.54, 1.807) is 21.3 Å². The van der Waals surface area contributed by atoms with E-state index >= 15 is 0 Å². The first kappa shape index (κ1) is 24.1. The summed E-state index contributed by atoms with van der Waals surface area (Å²) in [7, 11) is 4.82. The molecule has 2 N–H and O–H groups in total. The van der Waals surface area contributed by atoms with Gasteiger partial charge >= 0.3 is 0 Å². The molecule has 1 heterocycles. The molecule has 0 bridgehead atoms. The summed E-state index contributed by atoms with van der Waals surface area (Å²) >= 11 is 0. The molecular weight excluding hydrogens is 386 g/mol. The van der Waals surface area contributed by atoms with Crippen LogP contribution in [-0.4, -0.2) is 66.8 Å². The van der Waals surface area contributed by atoms with Crippen LogP contribution in [0.5, 0.6) is 17.2 Å². The van der Waals surface area contributed by atoms with Gasteiger partial charge in [-0.25, -0.2) is 4.99 Å². The van der Waals surface area contributed by atoms with Gasteiger partial charge in [0.2, 0.25) is 5.75 Å². The fourth-order valence-electron chi connectivity index (χ4n) is 3.28. The summed E-state index contributed by atoms with van der Waals surface area (Å²) in [6, 6.07) is 3.83. The van der Waals surface area contributed by atoms with E-state index in [0.717, 1.165) is 70.3 Å². The number of aliphatic imine (C=N–C) groups is 1. The van der Waals surface area contributed by atoms with Crippen LogP contribution in [0.1, 0.15) is 31.7 Å². The summed E-state index contributed by atoms with van der Waals surface area (Å²) in [5.74, 6) is 3.25. The van der Waals surface area contributed by atoms with Gasteiger partial charge in [-0.05, 0) is 49.8 Å². The van der Waals surface area contributed by atoms with E-state index in [-0.39, 0.29) is 0 Å². The highest BCUT2D eigenvalue weighted by atomic mass is 16.5. The smallest absolute Gasteiger partial charge is 0.203 e. The second-order valence-corrected chi connectivity index (χ2v) is 7.14. The Bertz CT molecular complexity index is 623. The molecule has 0 spiro atoms. The van der Waals surface area contributed by atoms with Crippen LogP contribution in [-0.2, 0) is 16.0 Å². The number of hydrogen-bond acceptors (Lipinski definition) is 6. The lowest BCUT2D eigenvalue weighted by Crippen LogP contribution is -2.38. The lowest BCUT2D eigenvalue weighted by Gasteiger charge is -2.21. The molecule has 1 aliphatic rings. The van der Waals surface area contributed by atoms with Crippen molar-refractivity contribution < 1.29 is 23.7 Å². The molecule has 0 saturated carbocycles. The Morgan fingerprint density at radius 1 is 1.07 bits per heavy atom. The first-order valence-electron chi connectivity index (χ1n) is 10.7. The highest BCUT2D eigenvalue weighted by Gasteiger charge is 2.14. The lowest BCUT2D eigenvalue weighted by molar-refractivity contribution is 0.0203. The van der Waals surface area contributed by atoms with Gasteiger partial charge in [0.25, 0.3) is 0 Å². The summed E-state index contributed by atoms with van der Waals surface area (Å²) in [6.07, 6.45) is 3.14. The van der Waals surface area contributed by atoms with E-state index in [4.69, 9.17) is 23.7 Å². The van der Waals surface area contributed by atoms with Gasteiger partial charge in [-0.15, -0.1) is 0 Å². The van der Waals surface area contributed by atoms with Gasteiger partial charge in [0, 0.05) is 39.5 Å². The third-order valence-corrected chi connectivity index (χ3v) is 4.94. The predicted octanol–water partition coefficient (Wildman–Crippen LogP) is 2.60. The molecule has 0 amide bonds. The first-order chi connectivity index (χ1) is 14.7. The second kappa shape index (κ2) is 13.9. The zero-order valence-electron chi connectivity index (χ0n) is 18.8. The van der Waals surface area contributed by atoms with Gasteiger partial charge in [0.15, 0.2) is 17.5 Å². The van der Waals surface area contributed by atoms with E-state index in [0.29, 0.717) is 29.7 Å². The van der Waals surface area contributed by atoms with Gasteiger partial charge in [-0.1, -0.05) is 0 Å². The highest BCUT2D eigenvalue weighted by molar-refractivity contribution is 5.79. The van der Waals surface area contributed by atoms with Crippen molar-refractivity contribution in [3.05, 3.63) is 17.7 Å². The maximum Gasteiger partial charge on any atom is 0.203 e. The Hall–Kier alpha value is -2.19. The molecular formula is C22H37N3O5. The topological polar surface area (TPSA) is 82.6 Å². The molecule has 30 heavy (non-hydrogen) atoms. The number of nitrogens with zero attached hydrogens (tertiary/aromatic N) is 1. The number of rotatable bonds is 12. The summed E-state index contributed by atoms with van der Waals surface area (Å²) in [5.41, 5.74) is 0.974. The molecule has 1 aliphatic heterocycles. The lowest BCUT2D eigenvalue weighted by atomic mass is 10.0. The van der Waals surface area contributed by atoms with Gasteiger partial charge in [0.05, 0.1) is 27.9 Å². The SMILES string of the molecule is CCNC(=NCc1cc(OC)c(OC)c(OC)c1)NCCCOCC1CCOCC1. The largest absolute Gasteiger partial charge is 0.493 e. The molecule has 170 valence electrons. The fraction of sp³-hybridized carbons (Fsp3) is 0.682. The van der Waals surface area contributed by atoms with Gasteiger partial charge in [-0.2, -0.15) is 0 Å². The molecule has 0 atom stereocenters. The van der Waals surface area contributed by atoms with E-state index in [1.807, 2.05) is 19.1 Å². The average molecular weight is 424 g/mol. The van der Waals surface area contributed by atoms with E-state index in [2.05, 4.69) is 15.6 Å². The van der Waals surface area contributed by atoms with Crippen LogP contribution < -0.4 is 24.8 Å². The molecule has 0 radical (unpaired) electrons. The van der Waals surface area contributed by atoms with E-state index in [1.165, 1.54) is 0 Å². The molecule has 0 aromatic heterocycles. The standard InChI is InChI=1S/C22H37N3O5/c1-5-23-22(24-9-6-10-30-16-17-7-11-29-12-8-17)25-15-18-13-19(26-2)21(28-4)20(14-18)27-3/h13-14,17H,5-12,15-16H2,1-4H3,(H2,23,24,25). The number of ether oxygens (including phenoxy) is 5. The highest BCUT2D eigenvalue weighted by Crippen LogP contribution is 2.38. The normalized spacial score (nSPS) is 15.0. The summed E-state index contributed by atoms with van der Waals surface area (Å²) in [6.45, 7) is 7.44. The average Bonchev–Trinajstić information content (AvgIpc) is 2.79. The molecule has 2 rings (SSSR count). The Labute approximate surface area is 180 Å². The first-order valence-corrected chi connectivity index (χ1v) is 10.7. The van der Waals surface area contributed by atoms with E-state index < -0.39 is 0 Å². The zero-order chi connectivity index (χ0) is 21.6. The van der Waals surface area contributed by atoms with Crippen molar-refractivity contribution in [1.29, 1.82) is 0 Å². The Kier molecular flexibility index (Phi) is 11.2. The minimum absolute atomic E-state index is 0.492. The number of benzene rings is 1. The molecule has 0 unspecified atom stereocenters. The summed E-state index contributed by atoms with van der Waals surface area (Å²) < 4.78 is 27.4. The summed E-state index contributed by atoms with van der Waals surface area (Å²) in [5, 5.41) is 6.63. The minimum atomic E-state index is 0.492. The quantitative estimate of drug-likeness (QED) is 0.304. The third-order valence-electron chi connectivity index (χ3n) is 4.94.